The average molecular weight is 464 g/mol. The molecular formula is C21H25N3O7S. The van der Waals surface area contributed by atoms with E-state index < -0.39 is 15.9 Å². The number of carbonyl (C=O) groups excluding carboxylic acids is 2. The molecule has 3 rings (SSSR count). The van der Waals surface area contributed by atoms with Gasteiger partial charge < -0.3 is 24.8 Å². The van der Waals surface area contributed by atoms with Gasteiger partial charge >= 0.3 is 0 Å². The van der Waals surface area contributed by atoms with E-state index in [1.807, 2.05) is 0 Å². The third-order valence-electron chi connectivity index (χ3n) is 4.60. The Bertz CT molecular complexity index is 1070. The highest BCUT2D eigenvalue weighted by atomic mass is 32.2. The van der Waals surface area contributed by atoms with Gasteiger partial charge in [-0.1, -0.05) is 0 Å². The Labute approximate surface area is 186 Å². The lowest BCUT2D eigenvalue weighted by atomic mass is 10.3. The number of amides is 2. The van der Waals surface area contributed by atoms with Crippen LogP contribution >= 0.6 is 0 Å². The van der Waals surface area contributed by atoms with Crippen LogP contribution in [-0.2, 0) is 24.3 Å². The highest BCUT2D eigenvalue weighted by Gasteiger charge is 2.27. The predicted octanol–water partition coefficient (Wildman–Crippen LogP) is 1.69. The summed E-state index contributed by atoms with van der Waals surface area (Å²) in [5, 5.41) is 5.27. The lowest BCUT2D eigenvalue weighted by Gasteiger charge is -2.26. The molecule has 0 aliphatic carbocycles. The Kier molecular flexibility index (Phi) is 7.67. The second kappa shape index (κ2) is 10.4. The van der Waals surface area contributed by atoms with Crippen molar-refractivity contribution < 1.29 is 32.2 Å². The first-order chi connectivity index (χ1) is 15.3. The molecular weight excluding hydrogens is 438 g/mol. The molecule has 1 aliphatic heterocycles. The zero-order valence-corrected chi connectivity index (χ0v) is 18.6. The van der Waals surface area contributed by atoms with Crippen LogP contribution in [0.25, 0.3) is 0 Å². The van der Waals surface area contributed by atoms with E-state index in [2.05, 4.69) is 10.6 Å². The number of hydrogen-bond acceptors (Lipinski definition) is 7. The number of carbonyl (C=O) groups is 2. The largest absolute Gasteiger partial charge is 0.495 e. The number of ether oxygens (including phenoxy) is 3. The summed E-state index contributed by atoms with van der Waals surface area (Å²) < 4.78 is 43.1. The van der Waals surface area contributed by atoms with Crippen molar-refractivity contribution in [2.24, 2.45) is 0 Å². The standard InChI is InChI=1S/C21H25N3O7S/c1-15(25)22-16-3-5-17(6-4-16)31-14-21(26)23-19-13-18(7-8-20(19)29-2)32(27,28)24-9-11-30-12-10-24/h3-8,13H,9-12,14H2,1-2H3,(H,22,25)(H,23,26). The summed E-state index contributed by atoms with van der Waals surface area (Å²) in [6, 6.07) is 10.8. The van der Waals surface area contributed by atoms with E-state index in [0.29, 0.717) is 30.4 Å². The van der Waals surface area contributed by atoms with Gasteiger partial charge in [0.2, 0.25) is 15.9 Å². The zero-order chi connectivity index (χ0) is 23.1. The summed E-state index contributed by atoms with van der Waals surface area (Å²) >= 11 is 0. The lowest BCUT2D eigenvalue weighted by Crippen LogP contribution is -2.40. The molecule has 11 heteroatoms. The van der Waals surface area contributed by atoms with Gasteiger partial charge in [0.05, 0.1) is 30.9 Å². The maximum atomic E-state index is 12.9. The fourth-order valence-electron chi connectivity index (χ4n) is 3.05. The van der Waals surface area contributed by atoms with Gasteiger partial charge in [0.15, 0.2) is 6.61 Å². The number of morpholine rings is 1. The number of anilines is 2. The monoisotopic (exact) mass is 463 g/mol. The molecule has 1 fully saturated rings. The molecule has 0 radical (unpaired) electrons. The van der Waals surface area contributed by atoms with E-state index in [0.717, 1.165) is 0 Å². The van der Waals surface area contributed by atoms with Gasteiger partial charge in [0.25, 0.3) is 5.91 Å². The first kappa shape index (κ1) is 23.5. The number of methoxy groups -OCH3 is 1. The van der Waals surface area contributed by atoms with E-state index in [1.165, 1.54) is 36.5 Å². The molecule has 0 unspecified atom stereocenters. The molecule has 2 amide bonds. The minimum Gasteiger partial charge on any atom is -0.495 e. The molecule has 1 heterocycles. The topological polar surface area (TPSA) is 123 Å². The lowest BCUT2D eigenvalue weighted by molar-refractivity contribution is -0.118. The third kappa shape index (κ3) is 5.96. The van der Waals surface area contributed by atoms with Crippen molar-refractivity contribution in [2.75, 3.05) is 50.7 Å². The van der Waals surface area contributed by atoms with Crippen molar-refractivity contribution in [1.82, 2.24) is 4.31 Å². The van der Waals surface area contributed by atoms with E-state index in [9.17, 15) is 18.0 Å². The summed E-state index contributed by atoms with van der Waals surface area (Å²) in [6.07, 6.45) is 0. The molecule has 2 aromatic carbocycles. The van der Waals surface area contributed by atoms with Gasteiger partial charge in [0, 0.05) is 25.7 Å². The molecule has 0 atom stereocenters. The normalized spacial score (nSPS) is 14.4. The maximum absolute atomic E-state index is 12.9. The molecule has 2 aromatic rings. The molecule has 0 aromatic heterocycles. The fraction of sp³-hybridized carbons (Fsp3) is 0.333. The number of rotatable bonds is 8. The molecule has 0 spiro atoms. The van der Waals surface area contributed by atoms with Crippen LogP contribution in [0.2, 0.25) is 0 Å². The first-order valence-electron chi connectivity index (χ1n) is 9.86. The summed E-state index contributed by atoms with van der Waals surface area (Å²) in [4.78, 5) is 23.5. The SMILES string of the molecule is COc1ccc(S(=O)(=O)N2CCOCC2)cc1NC(=O)COc1ccc(NC(C)=O)cc1. The van der Waals surface area contributed by atoms with Crippen molar-refractivity contribution in [2.45, 2.75) is 11.8 Å². The van der Waals surface area contributed by atoms with E-state index in [4.69, 9.17) is 14.2 Å². The summed E-state index contributed by atoms with van der Waals surface area (Å²) in [5.41, 5.74) is 0.828. The Hall–Kier alpha value is -3.15. The highest BCUT2D eigenvalue weighted by molar-refractivity contribution is 7.89. The number of nitrogens with one attached hydrogen (secondary N) is 2. The minimum atomic E-state index is -3.73. The average Bonchev–Trinajstić information content (AvgIpc) is 2.79. The first-order valence-corrected chi connectivity index (χ1v) is 11.3. The summed E-state index contributed by atoms with van der Waals surface area (Å²) in [7, 11) is -2.30. The van der Waals surface area contributed by atoms with Crippen LogP contribution in [0.4, 0.5) is 11.4 Å². The van der Waals surface area contributed by atoms with Gasteiger partial charge in [-0.3, -0.25) is 9.59 Å². The number of sulfonamides is 1. The predicted molar refractivity (Wildman–Crippen MR) is 117 cm³/mol. The van der Waals surface area contributed by atoms with Gasteiger partial charge in [0.1, 0.15) is 11.5 Å². The smallest absolute Gasteiger partial charge is 0.262 e. The van der Waals surface area contributed by atoms with E-state index in [-0.39, 0.29) is 36.2 Å². The molecule has 1 saturated heterocycles. The Balaban J connectivity index is 1.67. The quantitative estimate of drug-likeness (QED) is 0.611. The summed E-state index contributed by atoms with van der Waals surface area (Å²) in [5.74, 6) is 0.0730. The molecule has 1 aliphatic rings. The Morgan fingerprint density at radius 1 is 1.06 bits per heavy atom. The van der Waals surface area contributed by atoms with Gasteiger partial charge in [-0.05, 0) is 42.5 Å². The number of hydrogen-bond donors (Lipinski definition) is 2. The number of benzene rings is 2. The van der Waals surface area contributed by atoms with E-state index in [1.54, 1.807) is 24.3 Å². The van der Waals surface area contributed by atoms with Crippen LogP contribution in [0.5, 0.6) is 11.5 Å². The second-order valence-corrected chi connectivity index (χ2v) is 8.86. The zero-order valence-electron chi connectivity index (χ0n) is 17.8. The van der Waals surface area contributed by atoms with Gasteiger partial charge in [-0.15, -0.1) is 0 Å². The molecule has 172 valence electrons. The van der Waals surface area contributed by atoms with Crippen LogP contribution in [-0.4, -0.2) is 64.6 Å². The van der Waals surface area contributed by atoms with Crippen molar-refractivity contribution in [3.05, 3.63) is 42.5 Å². The molecule has 2 N–H and O–H groups in total. The van der Waals surface area contributed by atoms with Crippen LogP contribution in [0.15, 0.2) is 47.4 Å². The van der Waals surface area contributed by atoms with Crippen LogP contribution in [0.1, 0.15) is 6.92 Å². The van der Waals surface area contributed by atoms with Crippen molar-refractivity contribution >= 4 is 33.2 Å². The Morgan fingerprint density at radius 3 is 2.38 bits per heavy atom. The van der Waals surface area contributed by atoms with Crippen LogP contribution in [0.3, 0.4) is 0 Å². The van der Waals surface area contributed by atoms with Gasteiger partial charge in [-0.25, -0.2) is 8.42 Å². The van der Waals surface area contributed by atoms with Crippen molar-refractivity contribution in [1.29, 1.82) is 0 Å². The highest BCUT2D eigenvalue weighted by Crippen LogP contribution is 2.29. The minimum absolute atomic E-state index is 0.0463. The maximum Gasteiger partial charge on any atom is 0.262 e. The van der Waals surface area contributed by atoms with Crippen LogP contribution < -0.4 is 20.1 Å². The number of nitrogens with zero attached hydrogens (tertiary/aromatic N) is 1. The third-order valence-corrected chi connectivity index (χ3v) is 6.49. The Morgan fingerprint density at radius 2 is 1.75 bits per heavy atom. The summed E-state index contributed by atoms with van der Waals surface area (Å²) in [6.45, 7) is 2.31. The van der Waals surface area contributed by atoms with Crippen molar-refractivity contribution in [3.8, 4) is 11.5 Å². The molecule has 0 saturated carbocycles. The fourth-order valence-corrected chi connectivity index (χ4v) is 4.49. The molecule has 32 heavy (non-hydrogen) atoms. The second-order valence-electron chi connectivity index (χ2n) is 6.92. The molecule has 10 nitrogen and oxygen atoms in total. The van der Waals surface area contributed by atoms with Crippen molar-refractivity contribution in [3.63, 3.8) is 0 Å². The van der Waals surface area contributed by atoms with Gasteiger partial charge in [-0.2, -0.15) is 4.31 Å². The van der Waals surface area contributed by atoms with E-state index >= 15 is 0 Å². The van der Waals surface area contributed by atoms with Crippen LogP contribution in [0, 0.1) is 0 Å². The molecule has 0 bridgehead atoms.